The van der Waals surface area contributed by atoms with E-state index in [4.69, 9.17) is 22.1 Å². The predicted octanol–water partition coefficient (Wildman–Crippen LogP) is 4.34. The van der Waals surface area contributed by atoms with E-state index in [1.165, 1.54) is 11.1 Å². The van der Waals surface area contributed by atoms with Crippen molar-refractivity contribution in [3.05, 3.63) is 63.7 Å². The van der Waals surface area contributed by atoms with Crippen LogP contribution >= 0.6 is 11.6 Å². The molecule has 2 rings (SSSR count). The Bertz CT molecular complexity index is 590. The summed E-state index contributed by atoms with van der Waals surface area (Å²) in [5.74, 6) is 0.798. The highest BCUT2D eigenvalue weighted by molar-refractivity contribution is 6.31. The van der Waals surface area contributed by atoms with E-state index >= 15 is 0 Å². The smallest absolute Gasteiger partial charge is 0.119 e. The molecule has 2 nitrogen and oxygen atoms in total. The van der Waals surface area contributed by atoms with Crippen LogP contribution in [0.5, 0.6) is 5.75 Å². The summed E-state index contributed by atoms with van der Waals surface area (Å²) in [5.41, 5.74) is 10.7. The molecule has 0 aliphatic carbocycles. The van der Waals surface area contributed by atoms with Gasteiger partial charge in [-0.3, -0.25) is 0 Å². The highest BCUT2D eigenvalue weighted by Gasteiger charge is 2.08. The maximum Gasteiger partial charge on any atom is 0.119 e. The Hall–Kier alpha value is -1.51. The minimum Gasteiger partial charge on any atom is -0.492 e. The van der Waals surface area contributed by atoms with Crippen LogP contribution in [0.4, 0.5) is 0 Å². The summed E-state index contributed by atoms with van der Waals surface area (Å²) < 4.78 is 5.75. The second-order valence-corrected chi connectivity index (χ2v) is 5.66. The summed E-state index contributed by atoms with van der Waals surface area (Å²) in [5, 5.41) is 0.746. The molecule has 0 bridgehead atoms. The van der Waals surface area contributed by atoms with Gasteiger partial charge in [-0.05, 0) is 50.1 Å². The minimum atomic E-state index is -0.135. The third-order valence-electron chi connectivity index (χ3n) is 3.23. The van der Waals surface area contributed by atoms with Gasteiger partial charge in [-0.25, -0.2) is 0 Å². The van der Waals surface area contributed by atoms with E-state index in [9.17, 15) is 0 Å². The molecule has 0 radical (unpaired) electrons. The topological polar surface area (TPSA) is 35.2 Å². The van der Waals surface area contributed by atoms with Gasteiger partial charge in [0.1, 0.15) is 12.4 Å². The van der Waals surface area contributed by atoms with Crippen molar-refractivity contribution in [2.45, 2.75) is 26.8 Å². The van der Waals surface area contributed by atoms with Crippen molar-refractivity contribution in [3.8, 4) is 5.75 Å². The normalized spacial score (nSPS) is 12.2. The molecular formula is C17H20ClNO. The lowest BCUT2D eigenvalue weighted by Gasteiger charge is -2.15. The monoisotopic (exact) mass is 289 g/mol. The molecule has 0 saturated carbocycles. The number of hydrogen-bond donors (Lipinski definition) is 1. The van der Waals surface area contributed by atoms with Crippen LogP contribution in [-0.4, -0.2) is 6.61 Å². The van der Waals surface area contributed by atoms with E-state index in [0.717, 1.165) is 21.9 Å². The lowest BCUT2D eigenvalue weighted by atomic mass is 10.0. The van der Waals surface area contributed by atoms with E-state index in [0.29, 0.717) is 6.61 Å². The summed E-state index contributed by atoms with van der Waals surface area (Å²) >= 11 is 5.99. The predicted molar refractivity (Wildman–Crippen MR) is 84.5 cm³/mol. The highest BCUT2D eigenvalue weighted by Crippen LogP contribution is 2.22. The quantitative estimate of drug-likeness (QED) is 0.908. The van der Waals surface area contributed by atoms with Crippen molar-refractivity contribution in [1.29, 1.82) is 0 Å². The Balaban J connectivity index is 2.04. The van der Waals surface area contributed by atoms with E-state index in [-0.39, 0.29) is 6.04 Å². The molecule has 20 heavy (non-hydrogen) atoms. The number of nitrogens with two attached hydrogens (primary N) is 1. The van der Waals surface area contributed by atoms with Gasteiger partial charge < -0.3 is 10.5 Å². The number of aryl methyl sites for hydroxylation is 3. The molecule has 0 fully saturated rings. The first kappa shape index (κ1) is 14.9. The zero-order chi connectivity index (χ0) is 14.7. The zero-order valence-corrected chi connectivity index (χ0v) is 12.9. The molecule has 1 unspecified atom stereocenters. The van der Waals surface area contributed by atoms with Crippen LogP contribution in [0.3, 0.4) is 0 Å². The van der Waals surface area contributed by atoms with Crippen LogP contribution in [0.25, 0.3) is 0 Å². The van der Waals surface area contributed by atoms with Gasteiger partial charge in [0.15, 0.2) is 0 Å². The molecule has 2 aromatic carbocycles. The fourth-order valence-electron chi connectivity index (χ4n) is 2.21. The van der Waals surface area contributed by atoms with Gasteiger partial charge in [-0.15, -0.1) is 0 Å². The Morgan fingerprint density at radius 3 is 2.30 bits per heavy atom. The van der Waals surface area contributed by atoms with E-state index in [2.05, 4.69) is 32.0 Å². The van der Waals surface area contributed by atoms with Crippen LogP contribution in [0.15, 0.2) is 36.4 Å². The van der Waals surface area contributed by atoms with E-state index in [1.54, 1.807) is 0 Å². The molecule has 2 aromatic rings. The SMILES string of the molecule is Cc1cc(C)cc(C(N)COc2ccc(Cl)c(C)c2)c1. The molecule has 0 aliphatic heterocycles. The average molecular weight is 290 g/mol. The fourth-order valence-corrected chi connectivity index (χ4v) is 2.33. The van der Waals surface area contributed by atoms with Gasteiger partial charge >= 0.3 is 0 Å². The third-order valence-corrected chi connectivity index (χ3v) is 3.66. The van der Waals surface area contributed by atoms with Crippen LogP contribution < -0.4 is 10.5 Å². The van der Waals surface area contributed by atoms with Gasteiger partial charge in [0.25, 0.3) is 0 Å². The summed E-state index contributed by atoms with van der Waals surface area (Å²) in [4.78, 5) is 0. The molecule has 0 amide bonds. The van der Waals surface area contributed by atoms with Gasteiger partial charge in [0.05, 0.1) is 6.04 Å². The summed E-state index contributed by atoms with van der Waals surface area (Å²) in [6, 6.07) is 11.8. The molecule has 2 N–H and O–H groups in total. The summed E-state index contributed by atoms with van der Waals surface area (Å²) in [6.07, 6.45) is 0. The standard InChI is InChI=1S/C17H20ClNO/c1-11-6-12(2)8-14(7-11)17(19)10-20-15-4-5-16(18)13(3)9-15/h4-9,17H,10,19H2,1-3H3. The van der Waals surface area contributed by atoms with Gasteiger partial charge in [-0.1, -0.05) is 40.9 Å². The molecule has 0 spiro atoms. The molecule has 0 saturated heterocycles. The Morgan fingerprint density at radius 1 is 1.05 bits per heavy atom. The van der Waals surface area contributed by atoms with E-state index < -0.39 is 0 Å². The first-order valence-electron chi connectivity index (χ1n) is 6.68. The summed E-state index contributed by atoms with van der Waals surface area (Å²) in [7, 11) is 0. The van der Waals surface area contributed by atoms with Gasteiger partial charge in [0.2, 0.25) is 0 Å². The van der Waals surface area contributed by atoms with Gasteiger partial charge in [0, 0.05) is 5.02 Å². The molecule has 0 aromatic heterocycles. The highest BCUT2D eigenvalue weighted by atomic mass is 35.5. The number of benzene rings is 2. The van der Waals surface area contributed by atoms with Crippen molar-refractivity contribution >= 4 is 11.6 Å². The minimum absolute atomic E-state index is 0.135. The van der Waals surface area contributed by atoms with E-state index in [1.807, 2.05) is 25.1 Å². The molecule has 106 valence electrons. The molecule has 1 atom stereocenters. The Labute approximate surface area is 125 Å². The zero-order valence-electron chi connectivity index (χ0n) is 12.1. The lowest BCUT2D eigenvalue weighted by Crippen LogP contribution is -2.19. The van der Waals surface area contributed by atoms with Crippen LogP contribution in [0, 0.1) is 20.8 Å². The van der Waals surface area contributed by atoms with Crippen molar-refractivity contribution in [3.63, 3.8) is 0 Å². The number of ether oxygens (including phenoxy) is 1. The molecule has 3 heteroatoms. The first-order valence-corrected chi connectivity index (χ1v) is 7.06. The van der Waals surface area contributed by atoms with Gasteiger partial charge in [-0.2, -0.15) is 0 Å². The third kappa shape index (κ3) is 3.75. The number of rotatable bonds is 4. The molecule has 0 aliphatic rings. The fraction of sp³-hybridized carbons (Fsp3) is 0.294. The molecular weight excluding hydrogens is 270 g/mol. The van der Waals surface area contributed by atoms with Crippen molar-refractivity contribution < 1.29 is 4.74 Å². The second kappa shape index (κ2) is 6.29. The lowest BCUT2D eigenvalue weighted by molar-refractivity contribution is 0.290. The van der Waals surface area contributed by atoms with Crippen molar-refractivity contribution in [2.24, 2.45) is 5.73 Å². The maximum absolute atomic E-state index is 6.20. The van der Waals surface area contributed by atoms with Crippen LogP contribution in [-0.2, 0) is 0 Å². The van der Waals surface area contributed by atoms with Crippen molar-refractivity contribution in [2.75, 3.05) is 6.61 Å². The maximum atomic E-state index is 6.20. The number of halogens is 1. The average Bonchev–Trinajstić information content (AvgIpc) is 2.38. The van der Waals surface area contributed by atoms with Crippen molar-refractivity contribution in [1.82, 2.24) is 0 Å². The Kier molecular flexibility index (Phi) is 4.69. The second-order valence-electron chi connectivity index (χ2n) is 5.25. The number of hydrogen-bond acceptors (Lipinski definition) is 2. The molecule has 0 heterocycles. The first-order chi connectivity index (χ1) is 9.45. The largest absolute Gasteiger partial charge is 0.492 e. The Morgan fingerprint density at radius 2 is 1.70 bits per heavy atom. The van der Waals surface area contributed by atoms with Crippen LogP contribution in [0.2, 0.25) is 5.02 Å². The summed E-state index contributed by atoms with van der Waals surface area (Å²) in [6.45, 7) is 6.56. The van der Waals surface area contributed by atoms with Crippen LogP contribution in [0.1, 0.15) is 28.3 Å².